The molecule has 1 amide bonds. The van der Waals surface area contributed by atoms with Gasteiger partial charge in [0.2, 0.25) is 5.91 Å². The van der Waals surface area contributed by atoms with Crippen molar-refractivity contribution in [2.75, 3.05) is 5.32 Å². The summed E-state index contributed by atoms with van der Waals surface area (Å²) < 4.78 is 21.7. The summed E-state index contributed by atoms with van der Waals surface area (Å²) >= 11 is 7.30. The van der Waals surface area contributed by atoms with Crippen molar-refractivity contribution in [1.82, 2.24) is 4.57 Å². The first-order valence-corrected chi connectivity index (χ1v) is 10.8. The number of rotatable bonds is 7. The molecule has 2 aromatic carbocycles. The van der Waals surface area contributed by atoms with Crippen molar-refractivity contribution in [3.8, 4) is 5.75 Å². The van der Waals surface area contributed by atoms with Gasteiger partial charge in [-0.3, -0.25) is 14.9 Å². The zero-order chi connectivity index (χ0) is 23.4. The number of amides is 1. The molecule has 8 nitrogen and oxygen atoms in total. The van der Waals surface area contributed by atoms with Gasteiger partial charge in [0, 0.05) is 42.0 Å². The first-order valence-electron chi connectivity index (χ1n) is 9.52. The van der Waals surface area contributed by atoms with Crippen molar-refractivity contribution in [2.45, 2.75) is 26.4 Å². The third-order valence-corrected chi connectivity index (χ3v) is 5.56. The molecule has 0 spiro atoms. The number of nitro groups is 1. The number of nitrogens with one attached hydrogen (secondary N) is 1. The van der Waals surface area contributed by atoms with Crippen molar-refractivity contribution in [1.29, 1.82) is 0 Å². The lowest BCUT2D eigenvalue weighted by molar-refractivity contribution is -0.384. The Labute approximate surface area is 204 Å². The van der Waals surface area contributed by atoms with Crippen molar-refractivity contribution < 1.29 is 18.8 Å². The number of nitro benzene ring substituents is 1. The molecule has 0 radical (unpaired) electrons. The summed E-state index contributed by atoms with van der Waals surface area (Å²) in [5.41, 5.74) is 1.13. The van der Waals surface area contributed by atoms with Gasteiger partial charge in [0.15, 0.2) is 10.6 Å². The van der Waals surface area contributed by atoms with Gasteiger partial charge in [0.25, 0.3) is 5.69 Å². The number of ether oxygens (including phenoxy) is 1. The highest BCUT2D eigenvalue weighted by atomic mass is 35.5. The average molecular weight is 515 g/mol. The molecular weight excluding hydrogens is 494 g/mol. The molecule has 0 bridgehead atoms. The lowest BCUT2D eigenvalue weighted by atomic mass is 10.2. The molecule has 0 unspecified atom stereocenters. The number of halogens is 3. The average Bonchev–Trinajstić information content (AvgIpc) is 3.05. The summed E-state index contributed by atoms with van der Waals surface area (Å²) in [6, 6.07) is 8.15. The lowest BCUT2D eigenvalue weighted by Crippen LogP contribution is -2.19. The number of thiazole rings is 1. The number of hydrogen-bond acceptors (Lipinski definition) is 6. The van der Waals surface area contributed by atoms with Crippen LogP contribution in [0.3, 0.4) is 0 Å². The van der Waals surface area contributed by atoms with E-state index in [0.29, 0.717) is 21.9 Å². The van der Waals surface area contributed by atoms with Gasteiger partial charge in [-0.15, -0.1) is 23.7 Å². The Balaban J connectivity index is 0.00000385. The fourth-order valence-corrected chi connectivity index (χ4v) is 3.86. The molecule has 0 aliphatic heterocycles. The summed E-state index contributed by atoms with van der Waals surface area (Å²) in [5, 5.41) is 15.3. The van der Waals surface area contributed by atoms with Crippen LogP contribution in [0.15, 0.2) is 46.8 Å². The number of aromatic nitrogens is 1. The van der Waals surface area contributed by atoms with Crippen molar-refractivity contribution in [3.05, 3.63) is 73.2 Å². The van der Waals surface area contributed by atoms with E-state index in [0.717, 1.165) is 6.07 Å². The van der Waals surface area contributed by atoms with E-state index in [-0.39, 0.29) is 47.2 Å². The first kappa shape index (κ1) is 26.3. The van der Waals surface area contributed by atoms with Crippen LogP contribution < -0.4 is 14.9 Å². The SMILES string of the molecule is CC(C)Oc1cc(/N=c2\scc(CC(=O)Nc3ccc([N+](=O)[O-])cc3)n2C)c(F)cc1Cl.Cl. The minimum absolute atomic E-state index is 0. The number of benzene rings is 2. The predicted octanol–water partition coefficient (Wildman–Crippen LogP) is 5.41. The van der Waals surface area contributed by atoms with Crippen molar-refractivity contribution in [3.63, 3.8) is 0 Å². The first-order chi connectivity index (χ1) is 15.1. The Bertz CT molecular complexity index is 1230. The number of carbonyl (C=O) groups is 1. The number of nitrogens with zero attached hydrogens (tertiary/aromatic N) is 3. The van der Waals surface area contributed by atoms with E-state index in [1.807, 2.05) is 13.8 Å². The number of carbonyl (C=O) groups excluding carboxylic acids is 1. The second-order valence-corrected chi connectivity index (χ2v) is 8.35. The van der Waals surface area contributed by atoms with Crippen LogP contribution in [0.5, 0.6) is 5.75 Å². The molecule has 3 rings (SSSR count). The molecule has 3 aromatic rings. The Morgan fingerprint density at radius 2 is 2.00 bits per heavy atom. The van der Waals surface area contributed by atoms with Gasteiger partial charge in [0.05, 0.1) is 22.5 Å². The topological polar surface area (TPSA) is 98.8 Å². The molecule has 0 aliphatic carbocycles. The van der Waals surface area contributed by atoms with Crippen LogP contribution in [0.1, 0.15) is 19.5 Å². The summed E-state index contributed by atoms with van der Waals surface area (Å²) in [6.07, 6.45) is -0.0887. The molecular formula is C21H21Cl2FN4O4S. The van der Waals surface area contributed by atoms with E-state index in [1.54, 1.807) is 17.0 Å². The predicted molar refractivity (Wildman–Crippen MR) is 128 cm³/mol. The molecule has 176 valence electrons. The van der Waals surface area contributed by atoms with Gasteiger partial charge >= 0.3 is 0 Å². The van der Waals surface area contributed by atoms with Crippen LogP contribution in [-0.4, -0.2) is 21.5 Å². The van der Waals surface area contributed by atoms with Gasteiger partial charge in [0.1, 0.15) is 11.4 Å². The van der Waals surface area contributed by atoms with Gasteiger partial charge in [-0.2, -0.15) is 0 Å². The Kier molecular flexibility index (Phi) is 8.98. The number of non-ortho nitro benzene ring substituents is 1. The Morgan fingerprint density at radius 1 is 1.33 bits per heavy atom. The molecule has 1 N–H and O–H groups in total. The molecule has 33 heavy (non-hydrogen) atoms. The maximum Gasteiger partial charge on any atom is 0.269 e. The van der Waals surface area contributed by atoms with Gasteiger partial charge < -0.3 is 14.6 Å². The summed E-state index contributed by atoms with van der Waals surface area (Å²) in [4.78, 5) is 27.4. The second kappa shape index (κ2) is 11.3. The summed E-state index contributed by atoms with van der Waals surface area (Å²) in [6.45, 7) is 3.67. The van der Waals surface area contributed by atoms with Crippen LogP contribution in [0.4, 0.5) is 21.5 Å². The molecule has 0 saturated carbocycles. The minimum Gasteiger partial charge on any atom is -0.489 e. The zero-order valence-electron chi connectivity index (χ0n) is 17.9. The third-order valence-electron chi connectivity index (χ3n) is 4.30. The van der Waals surface area contributed by atoms with Crippen LogP contribution >= 0.6 is 35.3 Å². The van der Waals surface area contributed by atoms with E-state index in [2.05, 4.69) is 10.3 Å². The third kappa shape index (κ3) is 6.77. The van der Waals surface area contributed by atoms with Gasteiger partial charge in [-0.05, 0) is 32.0 Å². The maximum absolute atomic E-state index is 14.4. The second-order valence-electron chi connectivity index (χ2n) is 7.11. The highest BCUT2D eigenvalue weighted by Crippen LogP contribution is 2.32. The quantitative estimate of drug-likeness (QED) is 0.336. The van der Waals surface area contributed by atoms with E-state index in [4.69, 9.17) is 16.3 Å². The number of anilines is 1. The number of hydrogen-bond donors (Lipinski definition) is 1. The molecule has 0 aliphatic rings. The smallest absolute Gasteiger partial charge is 0.269 e. The van der Waals surface area contributed by atoms with Crippen molar-refractivity contribution in [2.24, 2.45) is 12.0 Å². The Morgan fingerprint density at radius 3 is 2.61 bits per heavy atom. The zero-order valence-corrected chi connectivity index (χ0v) is 20.3. The van der Waals surface area contributed by atoms with Crippen LogP contribution in [-0.2, 0) is 18.3 Å². The molecule has 0 saturated heterocycles. The van der Waals surface area contributed by atoms with E-state index >= 15 is 0 Å². The van der Waals surface area contributed by atoms with E-state index in [1.165, 1.54) is 41.7 Å². The maximum atomic E-state index is 14.4. The van der Waals surface area contributed by atoms with E-state index in [9.17, 15) is 19.3 Å². The fraction of sp³-hybridized carbons (Fsp3) is 0.238. The van der Waals surface area contributed by atoms with Crippen LogP contribution in [0.25, 0.3) is 0 Å². The minimum atomic E-state index is -0.586. The Hall–Kier alpha value is -2.95. The van der Waals surface area contributed by atoms with E-state index < -0.39 is 10.7 Å². The van der Waals surface area contributed by atoms with Gasteiger partial charge in [-0.1, -0.05) is 11.6 Å². The normalized spacial score (nSPS) is 11.3. The van der Waals surface area contributed by atoms with Crippen molar-refractivity contribution >= 4 is 58.3 Å². The summed E-state index contributed by atoms with van der Waals surface area (Å²) in [5.74, 6) is -0.551. The highest BCUT2D eigenvalue weighted by molar-refractivity contribution is 7.07. The largest absolute Gasteiger partial charge is 0.489 e. The monoisotopic (exact) mass is 514 g/mol. The van der Waals surface area contributed by atoms with Crippen LogP contribution in [0.2, 0.25) is 5.02 Å². The molecule has 1 aromatic heterocycles. The molecule has 0 atom stereocenters. The lowest BCUT2D eigenvalue weighted by Gasteiger charge is -2.12. The molecule has 0 fully saturated rings. The standard InChI is InChI=1S/C21H20ClFN4O4S.ClH/c1-12(2)31-19-10-18(17(23)9-16(19)22)25-21-26(3)15(11-32-21)8-20(28)24-13-4-6-14(7-5-13)27(29)30;/h4-7,9-12H,8H2,1-3H3,(H,24,28);1H/b25-21-;. The highest BCUT2D eigenvalue weighted by Gasteiger charge is 2.13. The van der Waals surface area contributed by atoms with Crippen LogP contribution in [0, 0.1) is 15.9 Å². The molecule has 12 heteroatoms. The summed E-state index contributed by atoms with van der Waals surface area (Å²) in [7, 11) is 1.73. The van der Waals surface area contributed by atoms with Gasteiger partial charge in [-0.25, -0.2) is 9.38 Å². The molecule has 1 heterocycles. The fourth-order valence-electron chi connectivity index (χ4n) is 2.75.